The summed E-state index contributed by atoms with van der Waals surface area (Å²) in [5.41, 5.74) is -0.456. The average Bonchev–Trinajstić information content (AvgIpc) is 2.45. The van der Waals surface area contributed by atoms with E-state index in [1.807, 2.05) is 0 Å². The quantitative estimate of drug-likeness (QED) is 0.485. The minimum Gasteiger partial charge on any atom is -0.459 e. The Balaban J connectivity index is 2.04. The topological polar surface area (TPSA) is 78.7 Å². The third kappa shape index (κ3) is 3.68. The van der Waals surface area contributed by atoms with Crippen LogP contribution in [0, 0.1) is 10.1 Å². The lowest BCUT2D eigenvalue weighted by molar-refractivity contribution is -0.385. The van der Waals surface area contributed by atoms with E-state index in [9.17, 15) is 14.9 Å². The highest BCUT2D eigenvalue weighted by molar-refractivity contribution is 6.31. The van der Waals surface area contributed by atoms with Crippen molar-refractivity contribution >= 4 is 23.3 Å². The molecule has 1 aromatic rings. The number of hydrogen-bond donors (Lipinski definition) is 0. The lowest BCUT2D eigenvalue weighted by atomic mass is 10.1. The summed E-state index contributed by atoms with van der Waals surface area (Å²) in [6, 6.07) is 3.79. The zero-order chi connectivity index (χ0) is 14.5. The number of nitro groups is 1. The van der Waals surface area contributed by atoms with Gasteiger partial charge in [0.2, 0.25) is 0 Å². The molecular formula is C13H14ClNO5. The van der Waals surface area contributed by atoms with Crippen molar-refractivity contribution in [3.8, 4) is 0 Å². The number of halogens is 1. The minimum absolute atomic E-state index is 0.0997. The Morgan fingerprint density at radius 3 is 2.95 bits per heavy atom. The van der Waals surface area contributed by atoms with Crippen LogP contribution in [0.1, 0.15) is 29.6 Å². The molecule has 1 heterocycles. The molecule has 1 aliphatic rings. The monoisotopic (exact) mass is 299 g/mol. The molecule has 1 aliphatic heterocycles. The van der Waals surface area contributed by atoms with Gasteiger partial charge in [-0.1, -0.05) is 11.6 Å². The van der Waals surface area contributed by atoms with Gasteiger partial charge in [-0.3, -0.25) is 10.1 Å². The minimum atomic E-state index is -0.756. The maximum absolute atomic E-state index is 11.9. The van der Waals surface area contributed by atoms with Gasteiger partial charge < -0.3 is 9.47 Å². The van der Waals surface area contributed by atoms with E-state index in [4.69, 9.17) is 21.1 Å². The van der Waals surface area contributed by atoms with Gasteiger partial charge in [0, 0.05) is 17.7 Å². The second-order valence-corrected chi connectivity index (χ2v) is 4.94. The molecule has 1 fully saturated rings. The largest absolute Gasteiger partial charge is 0.459 e. The molecule has 0 aliphatic carbocycles. The Morgan fingerprint density at radius 2 is 2.30 bits per heavy atom. The van der Waals surface area contributed by atoms with Gasteiger partial charge in [0.05, 0.1) is 11.0 Å². The first-order valence-electron chi connectivity index (χ1n) is 6.30. The number of hydrogen-bond acceptors (Lipinski definition) is 5. The fraction of sp³-hybridized carbons (Fsp3) is 0.462. The van der Waals surface area contributed by atoms with Crippen molar-refractivity contribution < 1.29 is 19.2 Å². The van der Waals surface area contributed by atoms with Crippen LogP contribution in [0.25, 0.3) is 0 Å². The summed E-state index contributed by atoms with van der Waals surface area (Å²) in [5, 5.41) is 11.1. The summed E-state index contributed by atoms with van der Waals surface area (Å²) in [6.45, 7) is 0.752. The number of nitrogens with zero attached hydrogens (tertiary/aromatic N) is 1. The van der Waals surface area contributed by atoms with E-state index >= 15 is 0 Å². The molecule has 0 saturated carbocycles. The molecule has 2 rings (SSSR count). The lowest BCUT2D eigenvalue weighted by Crippen LogP contribution is -2.26. The molecule has 20 heavy (non-hydrogen) atoms. The van der Waals surface area contributed by atoms with E-state index in [1.165, 1.54) is 18.2 Å². The first kappa shape index (κ1) is 14.7. The van der Waals surface area contributed by atoms with E-state index in [1.54, 1.807) is 0 Å². The first-order chi connectivity index (χ1) is 9.58. The number of carbonyl (C=O) groups excluding carboxylic acids is 1. The third-order valence-corrected chi connectivity index (χ3v) is 3.28. The molecule has 108 valence electrons. The van der Waals surface area contributed by atoms with Crippen LogP contribution in [0.15, 0.2) is 18.2 Å². The summed E-state index contributed by atoms with van der Waals surface area (Å²) in [6.07, 6.45) is 2.72. The van der Waals surface area contributed by atoms with Crippen molar-refractivity contribution in [2.45, 2.75) is 25.4 Å². The second-order valence-electron chi connectivity index (χ2n) is 4.51. The Bertz CT molecular complexity index is 513. The van der Waals surface area contributed by atoms with Crippen molar-refractivity contribution in [1.82, 2.24) is 0 Å². The van der Waals surface area contributed by atoms with Gasteiger partial charge in [0.15, 0.2) is 0 Å². The molecule has 7 heteroatoms. The molecule has 1 atom stereocenters. The molecule has 1 aromatic carbocycles. The Kier molecular flexibility index (Phi) is 4.92. The number of esters is 1. The van der Waals surface area contributed by atoms with Gasteiger partial charge in [0.25, 0.3) is 5.69 Å². The number of ether oxygens (including phenoxy) is 2. The fourth-order valence-corrected chi connectivity index (χ4v) is 2.19. The summed E-state index contributed by atoms with van der Waals surface area (Å²) < 4.78 is 10.5. The van der Waals surface area contributed by atoms with E-state index in [-0.39, 0.29) is 29.0 Å². The van der Waals surface area contributed by atoms with Crippen molar-refractivity contribution in [2.24, 2.45) is 0 Å². The van der Waals surface area contributed by atoms with Gasteiger partial charge in [-0.25, -0.2) is 4.79 Å². The van der Waals surface area contributed by atoms with Crippen molar-refractivity contribution in [3.05, 3.63) is 38.9 Å². The molecule has 0 spiro atoms. The molecule has 0 aromatic heterocycles. The van der Waals surface area contributed by atoms with Gasteiger partial charge in [0.1, 0.15) is 12.2 Å². The first-order valence-corrected chi connectivity index (χ1v) is 6.68. The summed E-state index contributed by atoms with van der Waals surface area (Å²) in [7, 11) is 0. The molecule has 1 unspecified atom stereocenters. The van der Waals surface area contributed by atoms with E-state index in [2.05, 4.69) is 0 Å². The summed E-state index contributed by atoms with van der Waals surface area (Å²) >= 11 is 5.76. The predicted octanol–water partition coefficient (Wildman–Crippen LogP) is 2.97. The summed E-state index contributed by atoms with van der Waals surface area (Å²) in [5.74, 6) is -0.756. The normalized spacial score (nSPS) is 18.6. The third-order valence-electron chi connectivity index (χ3n) is 3.05. The zero-order valence-corrected chi connectivity index (χ0v) is 11.5. The van der Waals surface area contributed by atoms with Gasteiger partial charge >= 0.3 is 5.97 Å². The van der Waals surface area contributed by atoms with Crippen LogP contribution in [0.2, 0.25) is 5.02 Å². The number of nitro benzene ring substituents is 1. The average molecular weight is 300 g/mol. The zero-order valence-electron chi connectivity index (χ0n) is 10.7. The van der Waals surface area contributed by atoms with E-state index < -0.39 is 10.9 Å². The molecule has 6 nitrogen and oxygen atoms in total. The highest BCUT2D eigenvalue weighted by Crippen LogP contribution is 2.24. The van der Waals surface area contributed by atoms with Gasteiger partial charge in [-0.05, 0) is 31.4 Å². The standard InChI is InChI=1S/C13H14ClNO5/c14-9-4-5-12(15(17)18)11(7-9)13(16)20-8-10-3-1-2-6-19-10/h4-5,7,10H,1-3,6,8H2. The highest BCUT2D eigenvalue weighted by Gasteiger charge is 2.23. The second kappa shape index (κ2) is 6.67. The Labute approximate surface area is 120 Å². The van der Waals surface area contributed by atoms with Crippen LogP contribution in [-0.2, 0) is 9.47 Å². The van der Waals surface area contributed by atoms with Crippen LogP contribution in [0.5, 0.6) is 0 Å². The highest BCUT2D eigenvalue weighted by atomic mass is 35.5. The van der Waals surface area contributed by atoms with Gasteiger partial charge in [-0.2, -0.15) is 0 Å². The molecule has 0 radical (unpaired) electrons. The molecular weight excluding hydrogens is 286 g/mol. The smallest absolute Gasteiger partial charge is 0.345 e. The van der Waals surface area contributed by atoms with Gasteiger partial charge in [-0.15, -0.1) is 0 Å². The van der Waals surface area contributed by atoms with Crippen LogP contribution in [0.3, 0.4) is 0 Å². The van der Waals surface area contributed by atoms with E-state index in [0.717, 1.165) is 19.3 Å². The van der Waals surface area contributed by atoms with Crippen LogP contribution in [-0.4, -0.2) is 30.2 Å². The predicted molar refractivity (Wildman–Crippen MR) is 72.0 cm³/mol. The van der Waals surface area contributed by atoms with Crippen molar-refractivity contribution in [1.29, 1.82) is 0 Å². The van der Waals surface area contributed by atoms with Crippen LogP contribution >= 0.6 is 11.6 Å². The number of carbonyl (C=O) groups is 1. The van der Waals surface area contributed by atoms with E-state index in [0.29, 0.717) is 6.61 Å². The maximum atomic E-state index is 11.9. The molecule has 0 N–H and O–H groups in total. The Hall–Kier alpha value is -1.66. The van der Waals surface area contributed by atoms with Crippen molar-refractivity contribution in [3.63, 3.8) is 0 Å². The number of rotatable bonds is 4. The molecule has 0 bridgehead atoms. The Morgan fingerprint density at radius 1 is 1.50 bits per heavy atom. The fourth-order valence-electron chi connectivity index (χ4n) is 2.02. The van der Waals surface area contributed by atoms with Crippen LogP contribution < -0.4 is 0 Å². The lowest BCUT2D eigenvalue weighted by Gasteiger charge is -2.22. The maximum Gasteiger partial charge on any atom is 0.345 e. The van der Waals surface area contributed by atoms with Crippen molar-refractivity contribution in [2.75, 3.05) is 13.2 Å². The number of benzene rings is 1. The van der Waals surface area contributed by atoms with Crippen LogP contribution in [0.4, 0.5) is 5.69 Å². The molecule has 0 amide bonds. The summed E-state index contributed by atoms with van der Waals surface area (Å²) in [4.78, 5) is 22.2. The SMILES string of the molecule is O=C(OCC1CCCCO1)c1cc(Cl)ccc1[N+](=O)[O-]. The molecule has 1 saturated heterocycles.